The van der Waals surface area contributed by atoms with Crippen LogP contribution in [0.4, 0.5) is 4.79 Å². The van der Waals surface area contributed by atoms with Crippen LogP contribution in [-0.4, -0.2) is 61.1 Å². The number of carbonyl (C=O) groups excluding carboxylic acids is 2. The summed E-state index contributed by atoms with van der Waals surface area (Å²) in [5.41, 5.74) is 0.833. The molecular weight excluding hydrogens is 354 g/mol. The highest BCUT2D eigenvalue weighted by molar-refractivity contribution is 5.77. The van der Waals surface area contributed by atoms with Gasteiger partial charge < -0.3 is 19.9 Å². The number of ether oxygens (including phenoxy) is 1. The highest BCUT2D eigenvalue weighted by Crippen LogP contribution is 2.46. The first-order valence-electron chi connectivity index (χ1n) is 10.3. The van der Waals surface area contributed by atoms with Crippen molar-refractivity contribution in [3.63, 3.8) is 0 Å². The van der Waals surface area contributed by atoms with Crippen molar-refractivity contribution in [1.29, 1.82) is 0 Å². The first-order valence-corrected chi connectivity index (χ1v) is 10.3. The molecule has 2 aliphatic rings. The predicted octanol–water partition coefficient (Wildman–Crippen LogP) is 3.23. The maximum atomic E-state index is 12.5. The van der Waals surface area contributed by atoms with E-state index in [1.807, 2.05) is 23.1 Å². The summed E-state index contributed by atoms with van der Waals surface area (Å²) >= 11 is 0. The minimum Gasteiger partial charge on any atom is -0.487 e. The summed E-state index contributed by atoms with van der Waals surface area (Å²) in [7, 11) is 3.57. The molecule has 6 heteroatoms. The normalized spacial score (nSPS) is 20.5. The second-order valence-corrected chi connectivity index (χ2v) is 8.79. The number of rotatable bonds is 4. The number of piperidine rings is 1. The number of benzene rings is 1. The Morgan fingerprint density at radius 1 is 1.25 bits per heavy atom. The van der Waals surface area contributed by atoms with E-state index < -0.39 is 0 Å². The Bertz CT molecular complexity index is 709. The summed E-state index contributed by atoms with van der Waals surface area (Å²) in [5, 5.41) is 3.05. The van der Waals surface area contributed by atoms with Crippen molar-refractivity contribution in [3.05, 3.63) is 29.8 Å². The third-order valence-corrected chi connectivity index (χ3v) is 5.77. The molecule has 0 unspecified atom stereocenters. The average molecular weight is 388 g/mol. The lowest BCUT2D eigenvalue weighted by Crippen LogP contribution is -2.53. The van der Waals surface area contributed by atoms with E-state index in [0.29, 0.717) is 32.0 Å². The number of nitrogens with one attached hydrogen (secondary N) is 1. The van der Waals surface area contributed by atoms with E-state index in [2.05, 4.69) is 25.2 Å². The molecule has 1 fully saturated rings. The van der Waals surface area contributed by atoms with Crippen molar-refractivity contribution in [2.24, 2.45) is 5.92 Å². The predicted molar refractivity (Wildman–Crippen MR) is 110 cm³/mol. The molecule has 0 saturated carbocycles. The number of hydrogen-bond acceptors (Lipinski definition) is 3. The van der Waals surface area contributed by atoms with Gasteiger partial charge in [-0.2, -0.15) is 0 Å². The number of likely N-dealkylation sites (tertiary alicyclic amines) is 1. The fourth-order valence-electron chi connectivity index (χ4n) is 4.24. The minimum atomic E-state index is -0.291. The molecule has 28 heavy (non-hydrogen) atoms. The lowest BCUT2D eigenvalue weighted by Gasteiger charge is -2.47. The highest BCUT2D eigenvalue weighted by atomic mass is 16.5. The summed E-state index contributed by atoms with van der Waals surface area (Å²) in [4.78, 5) is 28.3. The molecule has 1 aromatic carbocycles. The van der Waals surface area contributed by atoms with Crippen molar-refractivity contribution in [3.8, 4) is 5.75 Å². The van der Waals surface area contributed by atoms with Gasteiger partial charge in [0.05, 0.1) is 0 Å². The van der Waals surface area contributed by atoms with Gasteiger partial charge in [-0.25, -0.2) is 4.79 Å². The standard InChI is InChI=1S/C22H33N3O3/c1-16(2)15-23-20(26)13-17-14-22(28-19-8-6-5-7-18(17)19)9-11-25(12-10-22)21(27)24(3)4/h5-8,16-17H,9-15H2,1-4H3,(H,23,26)/t17-/m1/s1. The van der Waals surface area contributed by atoms with Crippen LogP contribution in [0.2, 0.25) is 0 Å². The summed E-state index contributed by atoms with van der Waals surface area (Å²) in [5.74, 6) is 1.58. The fourth-order valence-corrected chi connectivity index (χ4v) is 4.24. The zero-order chi connectivity index (χ0) is 20.3. The van der Waals surface area contributed by atoms with Crippen molar-refractivity contribution >= 4 is 11.9 Å². The van der Waals surface area contributed by atoms with E-state index in [9.17, 15) is 9.59 Å². The van der Waals surface area contributed by atoms with E-state index >= 15 is 0 Å². The molecule has 3 rings (SSSR count). The summed E-state index contributed by atoms with van der Waals surface area (Å²) in [6.45, 7) is 6.27. The molecule has 1 aromatic rings. The number of para-hydroxylation sites is 1. The van der Waals surface area contributed by atoms with Gasteiger partial charge in [0.25, 0.3) is 0 Å². The molecule has 0 aromatic heterocycles. The Kier molecular flexibility index (Phi) is 6.16. The molecule has 1 saturated heterocycles. The van der Waals surface area contributed by atoms with Crippen LogP contribution in [0.15, 0.2) is 24.3 Å². The number of amides is 3. The summed E-state index contributed by atoms with van der Waals surface area (Å²) in [6.07, 6.45) is 2.90. The van der Waals surface area contributed by atoms with E-state index in [0.717, 1.165) is 30.6 Å². The van der Waals surface area contributed by atoms with Gasteiger partial charge in [-0.05, 0) is 24.0 Å². The van der Waals surface area contributed by atoms with Crippen molar-refractivity contribution in [2.45, 2.75) is 51.0 Å². The monoisotopic (exact) mass is 387 g/mol. The maximum Gasteiger partial charge on any atom is 0.319 e. The molecule has 2 heterocycles. The quantitative estimate of drug-likeness (QED) is 0.863. The Hall–Kier alpha value is -2.24. The van der Waals surface area contributed by atoms with Crippen LogP contribution in [0.5, 0.6) is 5.75 Å². The van der Waals surface area contributed by atoms with Crippen molar-refractivity contribution < 1.29 is 14.3 Å². The number of fused-ring (bicyclic) bond motifs is 1. The Balaban J connectivity index is 1.72. The molecule has 154 valence electrons. The van der Waals surface area contributed by atoms with Gasteiger partial charge in [0, 0.05) is 58.9 Å². The van der Waals surface area contributed by atoms with E-state index in [1.54, 1.807) is 19.0 Å². The average Bonchev–Trinajstić information content (AvgIpc) is 2.66. The number of urea groups is 1. The molecule has 1 atom stereocenters. The van der Waals surface area contributed by atoms with Crippen LogP contribution in [0, 0.1) is 5.92 Å². The van der Waals surface area contributed by atoms with Crippen molar-refractivity contribution in [1.82, 2.24) is 15.1 Å². The van der Waals surface area contributed by atoms with Crippen LogP contribution >= 0.6 is 0 Å². The van der Waals surface area contributed by atoms with E-state index in [-0.39, 0.29) is 23.5 Å². The van der Waals surface area contributed by atoms with Gasteiger partial charge >= 0.3 is 6.03 Å². The van der Waals surface area contributed by atoms with Gasteiger partial charge in [0.1, 0.15) is 11.4 Å². The van der Waals surface area contributed by atoms with Crippen molar-refractivity contribution in [2.75, 3.05) is 33.7 Å². The second kappa shape index (κ2) is 8.41. The smallest absolute Gasteiger partial charge is 0.319 e. The molecule has 6 nitrogen and oxygen atoms in total. The molecule has 1 N–H and O–H groups in total. The van der Waals surface area contributed by atoms with Gasteiger partial charge in [-0.3, -0.25) is 4.79 Å². The Morgan fingerprint density at radius 2 is 1.93 bits per heavy atom. The van der Waals surface area contributed by atoms with E-state index in [1.165, 1.54) is 0 Å². The SMILES string of the molecule is CC(C)CNC(=O)C[C@@H]1CC2(CCN(C(=O)N(C)C)CC2)Oc2ccccc21. The summed E-state index contributed by atoms with van der Waals surface area (Å²) in [6, 6.07) is 8.13. The number of nitrogens with zero attached hydrogens (tertiary/aromatic N) is 2. The van der Waals surface area contributed by atoms with E-state index in [4.69, 9.17) is 4.74 Å². The molecule has 0 radical (unpaired) electrons. The molecule has 2 aliphatic heterocycles. The first kappa shape index (κ1) is 20.5. The number of hydrogen-bond donors (Lipinski definition) is 1. The third kappa shape index (κ3) is 4.59. The van der Waals surface area contributed by atoms with Crippen LogP contribution < -0.4 is 10.1 Å². The molecule has 3 amide bonds. The largest absolute Gasteiger partial charge is 0.487 e. The number of carbonyl (C=O) groups is 2. The van der Waals surface area contributed by atoms with Gasteiger partial charge in [0.15, 0.2) is 0 Å². The summed E-state index contributed by atoms with van der Waals surface area (Å²) < 4.78 is 6.48. The maximum absolute atomic E-state index is 12.5. The molecule has 1 spiro atoms. The third-order valence-electron chi connectivity index (χ3n) is 5.77. The fraction of sp³-hybridized carbons (Fsp3) is 0.636. The van der Waals surface area contributed by atoms with Crippen LogP contribution in [0.1, 0.15) is 51.0 Å². The van der Waals surface area contributed by atoms with Crippen LogP contribution in [0.3, 0.4) is 0 Å². The van der Waals surface area contributed by atoms with Gasteiger partial charge in [-0.1, -0.05) is 32.0 Å². The van der Waals surface area contributed by atoms with Crippen LogP contribution in [-0.2, 0) is 4.79 Å². The second-order valence-electron chi connectivity index (χ2n) is 8.79. The Morgan fingerprint density at radius 3 is 2.57 bits per heavy atom. The molecule has 0 bridgehead atoms. The highest BCUT2D eigenvalue weighted by Gasteiger charge is 2.44. The molecular formula is C22H33N3O3. The zero-order valence-corrected chi connectivity index (χ0v) is 17.5. The first-order chi connectivity index (χ1) is 13.3. The minimum absolute atomic E-state index is 0.0515. The lowest BCUT2D eigenvalue weighted by atomic mass is 9.76. The molecule has 0 aliphatic carbocycles. The lowest BCUT2D eigenvalue weighted by molar-refractivity contribution is -0.122. The van der Waals surface area contributed by atoms with Crippen LogP contribution in [0.25, 0.3) is 0 Å². The topological polar surface area (TPSA) is 61.9 Å². The van der Waals surface area contributed by atoms with Gasteiger partial charge in [0.2, 0.25) is 5.91 Å². The zero-order valence-electron chi connectivity index (χ0n) is 17.5. The van der Waals surface area contributed by atoms with Gasteiger partial charge in [-0.15, -0.1) is 0 Å². The Labute approximate surface area is 168 Å².